The van der Waals surface area contributed by atoms with Crippen molar-refractivity contribution in [3.05, 3.63) is 47.2 Å². The molecule has 0 unspecified atom stereocenters. The molecule has 1 aliphatic rings. The van der Waals surface area contributed by atoms with Gasteiger partial charge in [0.2, 0.25) is 0 Å². The fourth-order valence-electron chi connectivity index (χ4n) is 3.17. The van der Waals surface area contributed by atoms with Crippen LogP contribution in [-0.4, -0.2) is 11.5 Å². The van der Waals surface area contributed by atoms with Gasteiger partial charge in [-0.25, -0.2) is 4.98 Å². The highest BCUT2D eigenvalue weighted by Gasteiger charge is 2.22. The third kappa shape index (κ3) is 5.30. The molecule has 3 nitrogen and oxygen atoms in total. The van der Waals surface area contributed by atoms with E-state index in [0.717, 1.165) is 37.9 Å². The molecule has 1 heterocycles. The molecule has 2 aromatic rings. The van der Waals surface area contributed by atoms with E-state index in [2.05, 4.69) is 47.6 Å². The van der Waals surface area contributed by atoms with Crippen molar-refractivity contribution >= 4 is 5.82 Å². The van der Waals surface area contributed by atoms with Crippen LogP contribution in [0.2, 0.25) is 0 Å². The predicted molar refractivity (Wildman–Crippen MR) is 111 cm³/mol. The van der Waals surface area contributed by atoms with Crippen molar-refractivity contribution in [2.75, 3.05) is 12.3 Å². The van der Waals surface area contributed by atoms with Crippen LogP contribution < -0.4 is 11.1 Å². The van der Waals surface area contributed by atoms with E-state index in [1.54, 1.807) is 0 Å². The van der Waals surface area contributed by atoms with Crippen LogP contribution >= 0.6 is 0 Å². The molecule has 1 aromatic carbocycles. The summed E-state index contributed by atoms with van der Waals surface area (Å²) < 4.78 is 0. The largest absolute Gasteiger partial charge is 0.383 e. The zero-order chi connectivity index (χ0) is 18.7. The number of nitrogens with zero attached hydrogens (tertiary/aromatic N) is 1. The molecule has 3 N–H and O–H groups in total. The third-order valence-corrected chi connectivity index (χ3v) is 4.15. The van der Waals surface area contributed by atoms with E-state index < -0.39 is 0 Å². The molecule has 0 amide bonds. The molecular formula is C22H35N3. The summed E-state index contributed by atoms with van der Waals surface area (Å²) in [6.45, 7) is 12.0. The van der Waals surface area contributed by atoms with Gasteiger partial charge in [0.25, 0.3) is 0 Å². The van der Waals surface area contributed by atoms with Crippen molar-refractivity contribution < 1.29 is 0 Å². The van der Waals surface area contributed by atoms with Crippen molar-refractivity contribution in [1.82, 2.24) is 10.3 Å². The molecule has 3 rings (SSSR count). The Bertz CT molecular complexity index is 621. The van der Waals surface area contributed by atoms with Gasteiger partial charge in [0, 0.05) is 17.8 Å². The standard InChI is InChI=1S/C18H23N3.2C2H6/c1-2-11-20-12-15-17(13-7-4-3-5-8-13)14-9-6-10-16(14)21-18(15)19;2*1-2/h3-5,7-8,20H,2,6,9-12H2,1H3,(H2,19,21);2*1-2H3. The van der Waals surface area contributed by atoms with Gasteiger partial charge in [-0.2, -0.15) is 0 Å². The number of pyridine rings is 1. The fraction of sp³-hybridized carbons (Fsp3) is 0.500. The summed E-state index contributed by atoms with van der Waals surface area (Å²) in [4.78, 5) is 4.66. The molecule has 0 atom stereocenters. The first-order valence-corrected chi connectivity index (χ1v) is 9.87. The van der Waals surface area contributed by atoms with Gasteiger partial charge < -0.3 is 11.1 Å². The highest BCUT2D eigenvalue weighted by Crippen LogP contribution is 2.36. The second kappa shape index (κ2) is 11.6. The number of fused-ring (bicyclic) bond motifs is 1. The highest BCUT2D eigenvalue weighted by molar-refractivity contribution is 5.76. The van der Waals surface area contributed by atoms with Crippen molar-refractivity contribution in [3.8, 4) is 11.1 Å². The normalized spacial score (nSPS) is 11.7. The first kappa shape index (κ1) is 21.2. The highest BCUT2D eigenvalue weighted by atomic mass is 14.9. The summed E-state index contributed by atoms with van der Waals surface area (Å²) >= 11 is 0. The average Bonchev–Trinajstić information content (AvgIpc) is 3.14. The summed E-state index contributed by atoms with van der Waals surface area (Å²) in [7, 11) is 0. The van der Waals surface area contributed by atoms with Crippen molar-refractivity contribution in [1.29, 1.82) is 0 Å². The number of aromatic nitrogens is 1. The minimum absolute atomic E-state index is 0.693. The smallest absolute Gasteiger partial charge is 0.128 e. The van der Waals surface area contributed by atoms with Crippen LogP contribution in [0.1, 0.15) is 64.3 Å². The summed E-state index contributed by atoms with van der Waals surface area (Å²) in [5.74, 6) is 0.693. The van der Waals surface area contributed by atoms with Crippen LogP contribution in [0, 0.1) is 0 Å². The Morgan fingerprint density at radius 2 is 1.72 bits per heavy atom. The SMILES string of the molecule is CC.CC.CCCNCc1c(N)nc2c(c1-c1ccccc1)CCC2. The average molecular weight is 342 g/mol. The van der Waals surface area contributed by atoms with Gasteiger partial charge in [-0.05, 0) is 48.9 Å². The number of rotatable bonds is 5. The minimum Gasteiger partial charge on any atom is -0.383 e. The van der Waals surface area contributed by atoms with E-state index in [4.69, 9.17) is 5.73 Å². The number of hydrogen-bond acceptors (Lipinski definition) is 3. The Morgan fingerprint density at radius 1 is 1.04 bits per heavy atom. The van der Waals surface area contributed by atoms with Crippen LogP contribution in [0.5, 0.6) is 0 Å². The van der Waals surface area contributed by atoms with Gasteiger partial charge in [0.15, 0.2) is 0 Å². The molecule has 0 bridgehead atoms. The number of nitrogen functional groups attached to an aromatic ring is 1. The van der Waals surface area contributed by atoms with Gasteiger partial charge in [0.05, 0.1) is 0 Å². The monoisotopic (exact) mass is 341 g/mol. The lowest BCUT2D eigenvalue weighted by molar-refractivity contribution is 0.675. The second-order valence-corrected chi connectivity index (χ2v) is 5.67. The van der Waals surface area contributed by atoms with E-state index in [1.807, 2.05) is 27.7 Å². The number of nitrogens with two attached hydrogens (primary N) is 1. The molecular weight excluding hydrogens is 306 g/mol. The lowest BCUT2D eigenvalue weighted by atomic mass is 9.94. The van der Waals surface area contributed by atoms with Gasteiger partial charge in [-0.3, -0.25) is 0 Å². The fourth-order valence-corrected chi connectivity index (χ4v) is 3.17. The number of benzene rings is 1. The summed E-state index contributed by atoms with van der Waals surface area (Å²) in [6.07, 6.45) is 4.49. The van der Waals surface area contributed by atoms with E-state index in [-0.39, 0.29) is 0 Å². The molecule has 25 heavy (non-hydrogen) atoms. The lowest BCUT2D eigenvalue weighted by Crippen LogP contribution is -2.17. The molecule has 0 saturated heterocycles. The molecule has 138 valence electrons. The van der Waals surface area contributed by atoms with Crippen LogP contribution in [0.3, 0.4) is 0 Å². The van der Waals surface area contributed by atoms with Crippen LogP contribution in [0.25, 0.3) is 11.1 Å². The minimum atomic E-state index is 0.693. The topological polar surface area (TPSA) is 50.9 Å². The Morgan fingerprint density at radius 3 is 2.36 bits per heavy atom. The Kier molecular flexibility index (Phi) is 9.86. The summed E-state index contributed by atoms with van der Waals surface area (Å²) in [5.41, 5.74) is 12.6. The van der Waals surface area contributed by atoms with Crippen molar-refractivity contribution in [2.24, 2.45) is 0 Å². The molecule has 0 aliphatic heterocycles. The maximum Gasteiger partial charge on any atom is 0.128 e. The van der Waals surface area contributed by atoms with Gasteiger partial charge in [0.1, 0.15) is 5.82 Å². The Labute approximate surface area is 154 Å². The predicted octanol–water partition coefficient (Wildman–Crippen LogP) is 5.37. The van der Waals surface area contributed by atoms with Crippen molar-refractivity contribution in [3.63, 3.8) is 0 Å². The maximum absolute atomic E-state index is 6.26. The maximum atomic E-state index is 6.26. The van der Waals surface area contributed by atoms with Gasteiger partial charge in [-0.1, -0.05) is 65.0 Å². The zero-order valence-corrected chi connectivity index (χ0v) is 16.7. The van der Waals surface area contributed by atoms with E-state index >= 15 is 0 Å². The lowest BCUT2D eigenvalue weighted by Gasteiger charge is -2.17. The van der Waals surface area contributed by atoms with Crippen LogP contribution in [0.4, 0.5) is 5.82 Å². The summed E-state index contributed by atoms with van der Waals surface area (Å²) in [6, 6.07) is 10.6. The summed E-state index contributed by atoms with van der Waals surface area (Å²) in [5, 5.41) is 3.47. The van der Waals surface area contributed by atoms with E-state index in [1.165, 1.54) is 28.8 Å². The van der Waals surface area contributed by atoms with Crippen molar-refractivity contribution in [2.45, 2.75) is 66.8 Å². The molecule has 3 heteroatoms. The molecule has 0 fully saturated rings. The van der Waals surface area contributed by atoms with E-state index in [0.29, 0.717) is 5.82 Å². The molecule has 1 aromatic heterocycles. The first-order chi connectivity index (χ1) is 12.3. The Hall–Kier alpha value is -1.87. The number of nitrogens with one attached hydrogen (secondary N) is 1. The quantitative estimate of drug-likeness (QED) is 0.719. The van der Waals surface area contributed by atoms with Crippen LogP contribution in [-0.2, 0) is 19.4 Å². The van der Waals surface area contributed by atoms with E-state index in [9.17, 15) is 0 Å². The van der Waals surface area contributed by atoms with Crippen LogP contribution in [0.15, 0.2) is 30.3 Å². The first-order valence-electron chi connectivity index (χ1n) is 9.87. The molecule has 0 saturated carbocycles. The van der Waals surface area contributed by atoms with Gasteiger partial charge >= 0.3 is 0 Å². The van der Waals surface area contributed by atoms with Gasteiger partial charge in [-0.15, -0.1) is 0 Å². The Balaban J connectivity index is 0.000000730. The number of aryl methyl sites for hydroxylation is 1. The second-order valence-electron chi connectivity index (χ2n) is 5.67. The zero-order valence-electron chi connectivity index (χ0n) is 16.7. The molecule has 0 radical (unpaired) electrons. The molecule has 0 spiro atoms. The molecule has 1 aliphatic carbocycles. The third-order valence-electron chi connectivity index (χ3n) is 4.15. The number of hydrogen-bond donors (Lipinski definition) is 2. The number of anilines is 1.